The van der Waals surface area contributed by atoms with Crippen LogP contribution >= 0.6 is 0 Å². The number of esters is 1. The van der Waals surface area contributed by atoms with Crippen LogP contribution < -0.4 is 4.90 Å². The van der Waals surface area contributed by atoms with Crippen molar-refractivity contribution >= 4 is 22.6 Å². The number of fused-ring (bicyclic) bond motifs is 2. The van der Waals surface area contributed by atoms with Crippen molar-refractivity contribution in [1.82, 2.24) is 14.8 Å². The number of furan rings is 1. The van der Waals surface area contributed by atoms with E-state index in [1.807, 2.05) is 4.90 Å². The lowest BCUT2D eigenvalue weighted by atomic mass is 10.1. The largest absolute Gasteiger partial charge is 0.462 e. The predicted octanol–water partition coefficient (Wildman–Crippen LogP) is 3.55. The average molecular weight is 394 g/mol. The molecule has 10 heteroatoms. The fraction of sp³-hybridized carbons (Fsp3) is 0.389. The highest BCUT2D eigenvalue weighted by Gasteiger charge is 2.39. The van der Waals surface area contributed by atoms with Crippen molar-refractivity contribution < 1.29 is 27.1 Å². The Morgan fingerprint density at radius 1 is 1.29 bits per heavy atom. The Labute approximate surface area is 157 Å². The SMILES string of the molecule is CCOC(=O)c1c(C)oc2ccc(N3CCn4c(nnc4C(F)(F)F)C3)cc12. The summed E-state index contributed by atoms with van der Waals surface area (Å²) in [4.78, 5) is 14.2. The second-order valence-corrected chi connectivity index (χ2v) is 6.44. The average Bonchev–Trinajstić information content (AvgIpc) is 3.20. The topological polar surface area (TPSA) is 73.4 Å². The lowest BCUT2D eigenvalue weighted by molar-refractivity contribution is -0.147. The number of hydrogen-bond acceptors (Lipinski definition) is 6. The second kappa shape index (κ2) is 6.54. The third-order valence-electron chi connectivity index (χ3n) is 4.70. The Hall–Kier alpha value is -3.04. The van der Waals surface area contributed by atoms with Gasteiger partial charge < -0.3 is 18.6 Å². The molecule has 0 fully saturated rings. The van der Waals surface area contributed by atoms with E-state index < -0.39 is 18.0 Å². The first-order chi connectivity index (χ1) is 13.3. The van der Waals surface area contributed by atoms with Gasteiger partial charge >= 0.3 is 12.1 Å². The fourth-order valence-electron chi connectivity index (χ4n) is 3.45. The summed E-state index contributed by atoms with van der Waals surface area (Å²) in [6.07, 6.45) is -4.53. The van der Waals surface area contributed by atoms with Gasteiger partial charge in [-0.2, -0.15) is 13.2 Å². The summed E-state index contributed by atoms with van der Waals surface area (Å²) in [6.45, 7) is 4.30. The molecule has 4 rings (SSSR count). The summed E-state index contributed by atoms with van der Waals surface area (Å²) in [5.41, 5.74) is 1.66. The van der Waals surface area contributed by atoms with Crippen molar-refractivity contribution in [3.8, 4) is 0 Å². The Morgan fingerprint density at radius 2 is 2.07 bits per heavy atom. The normalized spacial score (nSPS) is 14.4. The van der Waals surface area contributed by atoms with Crippen molar-refractivity contribution in [1.29, 1.82) is 0 Å². The number of rotatable bonds is 3. The maximum Gasteiger partial charge on any atom is 0.451 e. The number of alkyl halides is 3. The first kappa shape index (κ1) is 18.3. The first-order valence-corrected chi connectivity index (χ1v) is 8.74. The number of hydrogen-bond donors (Lipinski definition) is 0. The van der Waals surface area contributed by atoms with Crippen LogP contribution in [0, 0.1) is 6.92 Å². The van der Waals surface area contributed by atoms with Crippen molar-refractivity contribution in [2.75, 3.05) is 18.1 Å². The van der Waals surface area contributed by atoms with Crippen LogP contribution in [-0.4, -0.2) is 33.9 Å². The molecule has 0 unspecified atom stereocenters. The zero-order valence-electron chi connectivity index (χ0n) is 15.2. The minimum absolute atomic E-state index is 0.115. The van der Waals surface area contributed by atoms with Gasteiger partial charge in [0.2, 0.25) is 5.82 Å². The molecule has 0 bridgehead atoms. The third-order valence-corrected chi connectivity index (χ3v) is 4.70. The van der Waals surface area contributed by atoms with Crippen LogP contribution in [0.5, 0.6) is 0 Å². The summed E-state index contributed by atoms with van der Waals surface area (Å²) in [7, 11) is 0. The van der Waals surface area contributed by atoms with Gasteiger partial charge in [0.1, 0.15) is 16.9 Å². The van der Waals surface area contributed by atoms with Gasteiger partial charge in [0.05, 0.1) is 13.2 Å². The van der Waals surface area contributed by atoms with Crippen LogP contribution in [0.4, 0.5) is 18.9 Å². The zero-order valence-corrected chi connectivity index (χ0v) is 15.2. The zero-order chi connectivity index (χ0) is 20.1. The minimum atomic E-state index is -4.53. The van der Waals surface area contributed by atoms with Gasteiger partial charge in [0.15, 0.2) is 5.82 Å². The van der Waals surface area contributed by atoms with E-state index in [9.17, 15) is 18.0 Å². The molecular weight excluding hydrogens is 377 g/mol. The van der Waals surface area contributed by atoms with Gasteiger partial charge in [-0.1, -0.05) is 0 Å². The van der Waals surface area contributed by atoms with Gasteiger partial charge in [0.25, 0.3) is 0 Å². The maximum atomic E-state index is 13.0. The van der Waals surface area contributed by atoms with Crippen LogP contribution in [0.1, 0.15) is 34.7 Å². The van der Waals surface area contributed by atoms with Crippen molar-refractivity contribution in [3.63, 3.8) is 0 Å². The molecule has 3 heterocycles. The highest BCUT2D eigenvalue weighted by Crippen LogP contribution is 2.33. The predicted molar refractivity (Wildman–Crippen MR) is 93.0 cm³/mol. The summed E-state index contributed by atoms with van der Waals surface area (Å²) < 4.78 is 50.8. The summed E-state index contributed by atoms with van der Waals surface area (Å²) in [5, 5.41) is 7.60. The number of nitrogens with zero attached hydrogens (tertiary/aromatic N) is 4. The summed E-state index contributed by atoms with van der Waals surface area (Å²) in [5.74, 6) is -0.747. The molecule has 0 atom stereocenters. The highest BCUT2D eigenvalue weighted by atomic mass is 19.4. The minimum Gasteiger partial charge on any atom is -0.462 e. The molecule has 148 valence electrons. The maximum absolute atomic E-state index is 13.0. The molecule has 28 heavy (non-hydrogen) atoms. The molecule has 0 spiro atoms. The molecule has 7 nitrogen and oxygen atoms in total. The Balaban J connectivity index is 1.68. The summed E-state index contributed by atoms with van der Waals surface area (Å²) >= 11 is 0. The Bertz CT molecular complexity index is 1050. The Morgan fingerprint density at radius 3 is 2.79 bits per heavy atom. The van der Waals surface area contributed by atoms with E-state index in [1.54, 1.807) is 32.0 Å². The van der Waals surface area contributed by atoms with E-state index in [0.29, 0.717) is 28.8 Å². The number of aromatic nitrogens is 3. The number of aryl methyl sites for hydroxylation is 1. The number of ether oxygens (including phenoxy) is 1. The quantitative estimate of drug-likeness (QED) is 0.633. The molecule has 0 radical (unpaired) electrons. The summed E-state index contributed by atoms with van der Waals surface area (Å²) in [6, 6.07) is 5.33. The number of carbonyl (C=O) groups excluding carboxylic acids is 1. The lowest BCUT2D eigenvalue weighted by Crippen LogP contribution is -2.35. The molecule has 0 saturated heterocycles. The third kappa shape index (κ3) is 2.98. The van der Waals surface area contributed by atoms with E-state index >= 15 is 0 Å². The van der Waals surface area contributed by atoms with Crippen molar-refractivity contribution in [3.05, 3.63) is 41.2 Å². The molecule has 1 aliphatic heterocycles. The van der Waals surface area contributed by atoms with Crippen LogP contribution in [0.2, 0.25) is 0 Å². The van der Waals surface area contributed by atoms with E-state index in [1.165, 1.54) is 0 Å². The van der Waals surface area contributed by atoms with E-state index in [4.69, 9.17) is 9.15 Å². The molecule has 3 aromatic rings. The molecule has 1 aromatic carbocycles. The van der Waals surface area contributed by atoms with Gasteiger partial charge in [-0.05, 0) is 32.0 Å². The smallest absolute Gasteiger partial charge is 0.451 e. The van der Waals surface area contributed by atoms with Crippen LogP contribution in [0.3, 0.4) is 0 Å². The van der Waals surface area contributed by atoms with E-state index in [2.05, 4.69) is 10.2 Å². The number of halogens is 3. The number of anilines is 1. The van der Waals surface area contributed by atoms with E-state index in [0.717, 1.165) is 10.3 Å². The van der Waals surface area contributed by atoms with E-state index in [-0.39, 0.29) is 25.5 Å². The Kier molecular flexibility index (Phi) is 4.28. The molecular formula is C18H17F3N4O3. The highest BCUT2D eigenvalue weighted by molar-refractivity contribution is 6.05. The molecule has 0 amide bonds. The monoisotopic (exact) mass is 394 g/mol. The van der Waals surface area contributed by atoms with Crippen LogP contribution in [-0.2, 0) is 24.0 Å². The van der Waals surface area contributed by atoms with Gasteiger partial charge in [0, 0.05) is 24.2 Å². The molecule has 1 aliphatic rings. The van der Waals surface area contributed by atoms with Gasteiger partial charge in [-0.3, -0.25) is 0 Å². The van der Waals surface area contributed by atoms with Crippen molar-refractivity contribution in [2.45, 2.75) is 33.1 Å². The molecule has 0 N–H and O–H groups in total. The standard InChI is InChI=1S/C18H17F3N4O3/c1-3-27-16(26)15-10(2)28-13-5-4-11(8-12(13)15)24-6-7-25-14(9-24)22-23-17(25)18(19,20)21/h4-5,8H,3,6-7,9H2,1-2H3. The molecule has 0 saturated carbocycles. The van der Waals surface area contributed by atoms with Crippen LogP contribution in [0.15, 0.2) is 22.6 Å². The first-order valence-electron chi connectivity index (χ1n) is 8.74. The van der Waals surface area contributed by atoms with Gasteiger partial charge in [-0.15, -0.1) is 10.2 Å². The second-order valence-electron chi connectivity index (χ2n) is 6.44. The fourth-order valence-corrected chi connectivity index (χ4v) is 3.45. The van der Waals surface area contributed by atoms with Gasteiger partial charge in [-0.25, -0.2) is 4.79 Å². The lowest BCUT2D eigenvalue weighted by Gasteiger charge is -2.29. The molecule has 0 aliphatic carbocycles. The number of benzene rings is 1. The molecule has 2 aromatic heterocycles. The number of carbonyl (C=O) groups is 1. The van der Waals surface area contributed by atoms with Crippen LogP contribution in [0.25, 0.3) is 11.0 Å². The van der Waals surface area contributed by atoms with Crippen molar-refractivity contribution in [2.24, 2.45) is 0 Å².